The molecule has 6 heteroatoms. The van der Waals surface area contributed by atoms with Crippen molar-refractivity contribution in [2.45, 2.75) is 0 Å². The summed E-state index contributed by atoms with van der Waals surface area (Å²) in [6, 6.07) is 10.0. The maximum absolute atomic E-state index is 13.2. The highest BCUT2D eigenvalue weighted by Crippen LogP contribution is 2.30. The first-order valence-electron chi connectivity index (χ1n) is 7.25. The Hall–Kier alpha value is -2.86. The van der Waals surface area contributed by atoms with Gasteiger partial charge in [-0.05, 0) is 29.8 Å². The molecule has 1 aromatic carbocycles. The summed E-state index contributed by atoms with van der Waals surface area (Å²) in [6.45, 7) is 1.08. The van der Waals surface area contributed by atoms with Crippen LogP contribution in [0, 0.1) is 5.82 Å². The van der Waals surface area contributed by atoms with Crippen LogP contribution < -0.4 is 11.1 Å². The van der Waals surface area contributed by atoms with Crippen LogP contribution in [0.5, 0.6) is 0 Å². The molecule has 0 aliphatic carbocycles. The van der Waals surface area contributed by atoms with Gasteiger partial charge in [0.25, 0.3) is 0 Å². The average Bonchev–Trinajstić information content (AvgIpc) is 2.61. The molecule has 2 heterocycles. The molecule has 0 radical (unpaired) electrons. The van der Waals surface area contributed by atoms with E-state index in [1.165, 1.54) is 12.1 Å². The van der Waals surface area contributed by atoms with E-state index in [0.717, 1.165) is 22.4 Å². The van der Waals surface area contributed by atoms with Crippen LogP contribution in [0.1, 0.15) is 0 Å². The van der Waals surface area contributed by atoms with E-state index in [9.17, 15) is 4.39 Å². The van der Waals surface area contributed by atoms with E-state index >= 15 is 0 Å². The molecule has 3 aromatic rings. The van der Waals surface area contributed by atoms with Gasteiger partial charge in [0.15, 0.2) is 0 Å². The molecule has 23 heavy (non-hydrogen) atoms. The topological polar surface area (TPSA) is 76.7 Å². The summed E-state index contributed by atoms with van der Waals surface area (Å²) < 4.78 is 13.2. The number of benzene rings is 1. The molecule has 116 valence electrons. The molecule has 0 aliphatic heterocycles. The van der Waals surface area contributed by atoms with E-state index in [2.05, 4.69) is 20.3 Å². The van der Waals surface area contributed by atoms with Crippen LogP contribution in [0.25, 0.3) is 22.4 Å². The first-order valence-corrected chi connectivity index (χ1v) is 7.25. The van der Waals surface area contributed by atoms with Crippen molar-refractivity contribution < 1.29 is 4.39 Å². The fourth-order valence-electron chi connectivity index (χ4n) is 2.22. The first-order chi connectivity index (χ1) is 11.3. The zero-order valence-electron chi connectivity index (χ0n) is 12.4. The van der Waals surface area contributed by atoms with E-state index < -0.39 is 0 Å². The monoisotopic (exact) mass is 309 g/mol. The van der Waals surface area contributed by atoms with E-state index in [4.69, 9.17) is 5.73 Å². The zero-order valence-corrected chi connectivity index (χ0v) is 12.4. The Morgan fingerprint density at radius 1 is 1.00 bits per heavy atom. The lowest BCUT2D eigenvalue weighted by Crippen LogP contribution is -2.15. The molecule has 0 fully saturated rings. The molecular formula is C17H16FN5. The molecule has 0 saturated carbocycles. The maximum Gasteiger partial charge on any atom is 0.223 e. The molecule has 5 nitrogen and oxygen atoms in total. The first kappa shape index (κ1) is 15.1. The third-order valence-corrected chi connectivity index (χ3v) is 3.33. The summed E-state index contributed by atoms with van der Waals surface area (Å²) in [5.74, 6) is 0.231. The second-order valence-electron chi connectivity index (χ2n) is 4.91. The Kier molecular flexibility index (Phi) is 4.54. The lowest BCUT2D eigenvalue weighted by molar-refractivity contribution is 0.628. The van der Waals surface area contributed by atoms with Crippen molar-refractivity contribution in [3.8, 4) is 22.4 Å². The van der Waals surface area contributed by atoms with Gasteiger partial charge in [-0.1, -0.05) is 12.1 Å². The number of pyridine rings is 1. The summed E-state index contributed by atoms with van der Waals surface area (Å²) in [4.78, 5) is 12.9. The number of nitrogens with zero attached hydrogens (tertiary/aromatic N) is 3. The minimum Gasteiger partial charge on any atom is -0.353 e. The predicted octanol–water partition coefficient (Wildman–Crippen LogP) is 2.72. The van der Waals surface area contributed by atoms with E-state index in [1.807, 2.05) is 12.1 Å². The molecule has 2 aromatic heterocycles. The zero-order chi connectivity index (χ0) is 16.1. The summed E-state index contributed by atoms with van der Waals surface area (Å²) in [5, 5.41) is 3.07. The molecule has 0 saturated heterocycles. The van der Waals surface area contributed by atoms with Crippen molar-refractivity contribution in [3.05, 3.63) is 60.8 Å². The third kappa shape index (κ3) is 3.49. The lowest BCUT2D eigenvalue weighted by atomic mass is 10.0. The summed E-state index contributed by atoms with van der Waals surface area (Å²) in [6.07, 6.45) is 5.15. The predicted molar refractivity (Wildman–Crippen MR) is 88.2 cm³/mol. The number of hydrogen-bond donors (Lipinski definition) is 2. The number of hydrogen-bond acceptors (Lipinski definition) is 5. The Labute approximate surface area is 133 Å². The highest BCUT2D eigenvalue weighted by molar-refractivity contribution is 5.80. The fraction of sp³-hybridized carbons (Fsp3) is 0.118. The molecule has 0 aliphatic rings. The van der Waals surface area contributed by atoms with Crippen molar-refractivity contribution in [1.29, 1.82) is 0 Å². The van der Waals surface area contributed by atoms with Gasteiger partial charge in [0.05, 0.1) is 5.69 Å². The average molecular weight is 309 g/mol. The van der Waals surface area contributed by atoms with Crippen molar-refractivity contribution in [3.63, 3.8) is 0 Å². The number of rotatable bonds is 5. The SMILES string of the molecule is NCCNc1ncc(-c2ccc(F)cc2)c(-c2ccncc2)n1. The van der Waals surface area contributed by atoms with E-state index in [1.54, 1.807) is 30.7 Å². The number of anilines is 1. The van der Waals surface area contributed by atoms with Crippen molar-refractivity contribution in [2.24, 2.45) is 5.73 Å². The Bertz CT molecular complexity index is 775. The van der Waals surface area contributed by atoms with Gasteiger partial charge in [-0.2, -0.15) is 0 Å². The molecule has 0 bridgehead atoms. The summed E-state index contributed by atoms with van der Waals surface area (Å²) >= 11 is 0. The van der Waals surface area contributed by atoms with Crippen LogP contribution in [0.2, 0.25) is 0 Å². The number of nitrogens with one attached hydrogen (secondary N) is 1. The van der Waals surface area contributed by atoms with Crippen LogP contribution >= 0.6 is 0 Å². The number of nitrogens with two attached hydrogens (primary N) is 1. The smallest absolute Gasteiger partial charge is 0.223 e. The van der Waals surface area contributed by atoms with Crippen LogP contribution in [0.4, 0.5) is 10.3 Å². The van der Waals surface area contributed by atoms with Crippen LogP contribution in [-0.2, 0) is 0 Å². The molecular weight excluding hydrogens is 293 g/mol. The standard InChI is InChI=1S/C17H16FN5/c18-14-3-1-12(2-4-14)15-11-22-17(21-10-7-19)23-16(15)13-5-8-20-9-6-13/h1-6,8-9,11H,7,10,19H2,(H,21,22,23). The fourth-order valence-corrected chi connectivity index (χ4v) is 2.22. The molecule has 0 spiro atoms. The van der Waals surface area contributed by atoms with Crippen LogP contribution in [-0.4, -0.2) is 28.0 Å². The normalized spacial score (nSPS) is 10.5. The van der Waals surface area contributed by atoms with Gasteiger partial charge in [-0.25, -0.2) is 14.4 Å². The van der Waals surface area contributed by atoms with Crippen LogP contribution in [0.3, 0.4) is 0 Å². The number of halogens is 1. The Morgan fingerprint density at radius 3 is 2.43 bits per heavy atom. The Balaban J connectivity index is 2.09. The van der Waals surface area contributed by atoms with Crippen LogP contribution in [0.15, 0.2) is 55.0 Å². The van der Waals surface area contributed by atoms with Crippen molar-refractivity contribution in [1.82, 2.24) is 15.0 Å². The lowest BCUT2D eigenvalue weighted by Gasteiger charge is -2.11. The van der Waals surface area contributed by atoms with Gasteiger partial charge in [0.1, 0.15) is 5.82 Å². The maximum atomic E-state index is 13.2. The Morgan fingerprint density at radius 2 is 1.74 bits per heavy atom. The highest BCUT2D eigenvalue weighted by atomic mass is 19.1. The second-order valence-corrected chi connectivity index (χ2v) is 4.91. The minimum absolute atomic E-state index is 0.277. The molecule has 3 N–H and O–H groups in total. The van der Waals surface area contributed by atoms with Gasteiger partial charge >= 0.3 is 0 Å². The van der Waals surface area contributed by atoms with E-state index in [-0.39, 0.29) is 5.82 Å². The van der Waals surface area contributed by atoms with E-state index in [0.29, 0.717) is 19.0 Å². The van der Waals surface area contributed by atoms with Gasteiger partial charge in [0.2, 0.25) is 5.95 Å². The third-order valence-electron chi connectivity index (χ3n) is 3.33. The minimum atomic E-state index is -0.277. The van der Waals surface area contributed by atoms with Gasteiger partial charge < -0.3 is 11.1 Å². The quantitative estimate of drug-likeness (QED) is 0.758. The molecule has 3 rings (SSSR count). The number of aromatic nitrogens is 3. The molecule has 0 atom stereocenters. The van der Waals surface area contributed by atoms with Crippen molar-refractivity contribution in [2.75, 3.05) is 18.4 Å². The summed E-state index contributed by atoms with van der Waals surface area (Å²) in [7, 11) is 0. The molecule has 0 unspecified atom stereocenters. The summed E-state index contributed by atoms with van der Waals surface area (Å²) in [5.41, 5.74) is 8.85. The molecule has 0 amide bonds. The second kappa shape index (κ2) is 6.93. The van der Waals surface area contributed by atoms with Gasteiger partial charge in [-0.3, -0.25) is 4.98 Å². The van der Waals surface area contributed by atoms with Crippen molar-refractivity contribution >= 4 is 5.95 Å². The van der Waals surface area contributed by atoms with Gasteiger partial charge in [-0.15, -0.1) is 0 Å². The highest BCUT2D eigenvalue weighted by Gasteiger charge is 2.11. The van der Waals surface area contributed by atoms with Gasteiger partial charge in [0, 0.05) is 42.8 Å². The largest absolute Gasteiger partial charge is 0.353 e.